The second kappa shape index (κ2) is 10.6. The summed E-state index contributed by atoms with van der Waals surface area (Å²) in [6.07, 6.45) is 7.15. The minimum Gasteiger partial charge on any atom is -0.484 e. The summed E-state index contributed by atoms with van der Waals surface area (Å²) in [5, 5.41) is 8.88. The van der Waals surface area contributed by atoms with Crippen molar-refractivity contribution in [3.8, 4) is 5.75 Å². The highest BCUT2D eigenvalue weighted by Gasteiger charge is 2.30. The lowest BCUT2D eigenvalue weighted by atomic mass is 9.95. The summed E-state index contributed by atoms with van der Waals surface area (Å²) < 4.78 is 5.58. The number of anilines is 1. The SMILES string of the molecule is O=C(CN1C(=O)c2cccc3cccc1c23)N/N=C\c1ccc(OCC(=O)NC2CCCCC2)cc1. The fourth-order valence-electron chi connectivity index (χ4n) is 4.81. The predicted octanol–water partition coefficient (Wildman–Crippen LogP) is 3.78. The van der Waals surface area contributed by atoms with Gasteiger partial charge in [0.2, 0.25) is 0 Å². The molecule has 36 heavy (non-hydrogen) atoms. The molecule has 3 amide bonds. The molecule has 0 unspecified atom stereocenters. The summed E-state index contributed by atoms with van der Waals surface area (Å²) in [5.41, 5.74) is 4.57. The quantitative estimate of drug-likeness (QED) is 0.375. The summed E-state index contributed by atoms with van der Waals surface area (Å²) in [4.78, 5) is 38.8. The zero-order valence-electron chi connectivity index (χ0n) is 19.9. The van der Waals surface area contributed by atoms with Crippen molar-refractivity contribution in [1.29, 1.82) is 0 Å². The monoisotopic (exact) mass is 484 g/mol. The van der Waals surface area contributed by atoms with Gasteiger partial charge in [0.1, 0.15) is 12.3 Å². The Labute approximate surface area is 209 Å². The van der Waals surface area contributed by atoms with Gasteiger partial charge in [-0.25, -0.2) is 5.43 Å². The molecule has 3 aromatic rings. The highest BCUT2D eigenvalue weighted by Crippen LogP contribution is 2.36. The van der Waals surface area contributed by atoms with E-state index in [-0.39, 0.29) is 31.0 Å². The number of nitrogens with zero attached hydrogens (tertiary/aromatic N) is 2. The Bertz CT molecular complexity index is 1310. The number of rotatable bonds is 8. The molecule has 0 aromatic heterocycles. The van der Waals surface area contributed by atoms with E-state index in [1.165, 1.54) is 17.5 Å². The molecule has 1 fully saturated rings. The second-order valence-corrected chi connectivity index (χ2v) is 9.13. The maximum absolute atomic E-state index is 12.8. The first-order chi connectivity index (χ1) is 17.6. The zero-order chi connectivity index (χ0) is 24.9. The Hall–Kier alpha value is -4.20. The number of hydrazone groups is 1. The number of amides is 3. The standard InChI is InChI=1S/C28H28N4O4/c33-25(17-32-24-11-5-7-20-6-4-10-23(27(20)24)28(32)35)31-29-16-19-12-14-22(15-13-19)36-18-26(34)30-21-8-2-1-3-9-21/h4-7,10-16,21H,1-3,8-9,17-18H2,(H,30,34)(H,31,33)/b29-16-. The van der Waals surface area contributed by atoms with Gasteiger partial charge >= 0.3 is 0 Å². The predicted molar refractivity (Wildman–Crippen MR) is 138 cm³/mol. The molecule has 0 atom stereocenters. The van der Waals surface area contributed by atoms with E-state index in [4.69, 9.17) is 4.74 Å². The molecular formula is C28H28N4O4. The molecule has 1 heterocycles. The summed E-state index contributed by atoms with van der Waals surface area (Å²) in [6.45, 7) is -0.146. The number of hydrogen-bond acceptors (Lipinski definition) is 5. The minimum atomic E-state index is -0.395. The lowest BCUT2D eigenvalue weighted by Gasteiger charge is -2.22. The molecule has 184 valence electrons. The van der Waals surface area contributed by atoms with Gasteiger partial charge in [-0.15, -0.1) is 0 Å². The first kappa shape index (κ1) is 23.5. The number of nitrogens with one attached hydrogen (secondary N) is 2. The van der Waals surface area contributed by atoms with Gasteiger partial charge in [-0.1, -0.05) is 43.5 Å². The van der Waals surface area contributed by atoms with Gasteiger partial charge in [-0.05, 0) is 60.2 Å². The molecule has 0 saturated heterocycles. The van der Waals surface area contributed by atoms with Crippen LogP contribution in [0.5, 0.6) is 5.75 Å². The third kappa shape index (κ3) is 5.22. The average molecular weight is 485 g/mol. The number of benzene rings is 3. The van der Waals surface area contributed by atoms with Gasteiger partial charge in [0.15, 0.2) is 6.61 Å². The molecule has 1 aliphatic heterocycles. The van der Waals surface area contributed by atoms with Gasteiger partial charge in [0, 0.05) is 17.0 Å². The Morgan fingerprint density at radius 1 is 0.972 bits per heavy atom. The molecule has 8 heteroatoms. The van der Waals surface area contributed by atoms with Crippen LogP contribution in [0.4, 0.5) is 5.69 Å². The van der Waals surface area contributed by atoms with Crippen molar-refractivity contribution in [3.05, 3.63) is 71.8 Å². The third-order valence-corrected chi connectivity index (χ3v) is 6.57. The maximum Gasteiger partial charge on any atom is 0.260 e. The summed E-state index contributed by atoms with van der Waals surface area (Å²) in [7, 11) is 0. The van der Waals surface area contributed by atoms with E-state index in [2.05, 4.69) is 15.8 Å². The van der Waals surface area contributed by atoms with E-state index in [0.29, 0.717) is 11.3 Å². The Morgan fingerprint density at radius 2 is 1.72 bits per heavy atom. The van der Waals surface area contributed by atoms with E-state index in [1.807, 2.05) is 30.3 Å². The van der Waals surface area contributed by atoms with E-state index in [1.54, 1.807) is 30.3 Å². The van der Waals surface area contributed by atoms with Crippen LogP contribution in [0, 0.1) is 0 Å². The number of carbonyl (C=O) groups is 3. The van der Waals surface area contributed by atoms with E-state index in [0.717, 1.165) is 47.7 Å². The molecule has 1 saturated carbocycles. The molecule has 3 aromatic carbocycles. The number of ether oxygens (including phenoxy) is 1. The largest absolute Gasteiger partial charge is 0.484 e. The van der Waals surface area contributed by atoms with E-state index >= 15 is 0 Å². The average Bonchev–Trinajstić information content (AvgIpc) is 3.17. The van der Waals surface area contributed by atoms with Crippen molar-refractivity contribution in [3.63, 3.8) is 0 Å². The lowest BCUT2D eigenvalue weighted by Crippen LogP contribution is -2.38. The van der Waals surface area contributed by atoms with E-state index in [9.17, 15) is 14.4 Å². The molecule has 2 N–H and O–H groups in total. The van der Waals surface area contributed by atoms with Gasteiger partial charge in [0.05, 0.1) is 11.9 Å². The Morgan fingerprint density at radius 3 is 2.50 bits per heavy atom. The van der Waals surface area contributed by atoms with Gasteiger partial charge in [-0.3, -0.25) is 19.3 Å². The fraction of sp³-hybridized carbons (Fsp3) is 0.286. The molecule has 0 spiro atoms. The van der Waals surface area contributed by atoms with Crippen molar-refractivity contribution < 1.29 is 19.1 Å². The van der Waals surface area contributed by atoms with Crippen molar-refractivity contribution in [2.75, 3.05) is 18.1 Å². The van der Waals surface area contributed by atoms with Crippen LogP contribution < -0.4 is 20.4 Å². The molecule has 8 nitrogen and oxygen atoms in total. The van der Waals surface area contributed by atoms with Crippen LogP contribution >= 0.6 is 0 Å². The van der Waals surface area contributed by atoms with Gasteiger partial charge in [0.25, 0.3) is 17.7 Å². The van der Waals surface area contributed by atoms with Crippen LogP contribution in [-0.4, -0.2) is 43.1 Å². The summed E-state index contributed by atoms with van der Waals surface area (Å²) >= 11 is 0. The molecule has 1 aliphatic carbocycles. The first-order valence-corrected chi connectivity index (χ1v) is 12.3. The van der Waals surface area contributed by atoms with Crippen LogP contribution in [-0.2, 0) is 9.59 Å². The Balaban J connectivity index is 1.10. The molecule has 5 rings (SSSR count). The van der Waals surface area contributed by atoms with Crippen molar-refractivity contribution in [1.82, 2.24) is 10.7 Å². The highest BCUT2D eigenvalue weighted by atomic mass is 16.5. The number of hydrogen-bond donors (Lipinski definition) is 2. The smallest absolute Gasteiger partial charge is 0.260 e. The topological polar surface area (TPSA) is 100 Å². The van der Waals surface area contributed by atoms with Crippen LogP contribution in [0.25, 0.3) is 10.8 Å². The molecule has 0 bridgehead atoms. The zero-order valence-corrected chi connectivity index (χ0v) is 19.9. The van der Waals surface area contributed by atoms with Crippen molar-refractivity contribution in [2.24, 2.45) is 5.10 Å². The normalized spacial score (nSPS) is 15.4. The van der Waals surface area contributed by atoms with E-state index < -0.39 is 5.91 Å². The third-order valence-electron chi connectivity index (χ3n) is 6.57. The molecule has 0 radical (unpaired) electrons. The second-order valence-electron chi connectivity index (χ2n) is 9.13. The number of carbonyl (C=O) groups excluding carboxylic acids is 3. The fourth-order valence-corrected chi connectivity index (χ4v) is 4.81. The first-order valence-electron chi connectivity index (χ1n) is 12.3. The van der Waals surface area contributed by atoms with Crippen molar-refractivity contribution in [2.45, 2.75) is 38.1 Å². The van der Waals surface area contributed by atoms with Crippen molar-refractivity contribution >= 4 is 40.4 Å². The van der Waals surface area contributed by atoms with Crippen LogP contribution in [0.1, 0.15) is 48.0 Å². The van der Waals surface area contributed by atoms with Crippen LogP contribution in [0.2, 0.25) is 0 Å². The Kier molecular flexibility index (Phi) is 6.93. The summed E-state index contributed by atoms with van der Waals surface area (Å²) in [6, 6.07) is 18.6. The van der Waals surface area contributed by atoms with Crippen LogP contribution in [0.3, 0.4) is 0 Å². The summed E-state index contributed by atoms with van der Waals surface area (Å²) in [5.74, 6) is -0.111. The van der Waals surface area contributed by atoms with Crippen LogP contribution in [0.15, 0.2) is 65.8 Å². The van der Waals surface area contributed by atoms with Gasteiger partial charge < -0.3 is 10.1 Å². The molecular weight excluding hydrogens is 456 g/mol. The van der Waals surface area contributed by atoms with Gasteiger partial charge in [-0.2, -0.15) is 5.10 Å². The lowest BCUT2D eigenvalue weighted by molar-refractivity contribution is -0.124. The maximum atomic E-state index is 12.8. The highest BCUT2D eigenvalue weighted by molar-refractivity contribution is 6.26. The minimum absolute atomic E-state index is 0.0210. The molecule has 2 aliphatic rings.